The molecule has 2 unspecified atom stereocenters. The van der Waals surface area contributed by atoms with Gasteiger partial charge >= 0.3 is 12.0 Å². The highest BCUT2D eigenvalue weighted by Crippen LogP contribution is 2.33. The van der Waals surface area contributed by atoms with Crippen molar-refractivity contribution in [3.63, 3.8) is 0 Å². The molecule has 246 valence electrons. The fraction of sp³-hybridized carbons (Fsp3) is 0.265. The maximum atomic E-state index is 13.5. The molecule has 3 aromatic carbocycles. The highest BCUT2D eigenvalue weighted by atomic mass is 32.2. The van der Waals surface area contributed by atoms with Crippen LogP contribution in [0.25, 0.3) is 0 Å². The minimum atomic E-state index is -4.04. The summed E-state index contributed by atoms with van der Waals surface area (Å²) in [6.07, 6.45) is 5.11. The number of urea groups is 1. The summed E-state index contributed by atoms with van der Waals surface area (Å²) in [4.78, 5) is 39.9. The van der Waals surface area contributed by atoms with Gasteiger partial charge in [-0.3, -0.25) is 9.59 Å². The van der Waals surface area contributed by atoms with E-state index in [0.717, 1.165) is 29.5 Å². The summed E-state index contributed by atoms with van der Waals surface area (Å²) in [6, 6.07) is 20.0. The van der Waals surface area contributed by atoms with Gasteiger partial charge in [0.25, 0.3) is 0 Å². The second kappa shape index (κ2) is 14.5. The van der Waals surface area contributed by atoms with Crippen LogP contribution in [0.2, 0.25) is 0 Å². The molecule has 1 aliphatic rings. The highest BCUT2D eigenvalue weighted by molar-refractivity contribution is 7.89. The Kier molecular flexibility index (Phi) is 10.3. The number of para-hydroxylation sites is 1. The second-order valence-electron chi connectivity index (χ2n) is 11.3. The number of nitrogens with zero attached hydrogens (tertiary/aromatic N) is 2. The smallest absolute Gasteiger partial charge is 0.323 e. The van der Waals surface area contributed by atoms with Crippen LogP contribution in [0, 0.1) is 6.92 Å². The number of carboxylic acid groups (broad SMARTS) is 1. The quantitative estimate of drug-likeness (QED) is 0.170. The Balaban J connectivity index is 1.22. The monoisotopic (exact) mass is 659 g/mol. The molecule has 5 rings (SSSR count). The Hall–Kier alpha value is -5.14. The van der Waals surface area contributed by atoms with Crippen LogP contribution in [0.3, 0.4) is 0 Å². The largest absolute Gasteiger partial charge is 0.495 e. The van der Waals surface area contributed by atoms with Crippen LogP contribution < -0.4 is 20.1 Å². The van der Waals surface area contributed by atoms with E-state index in [1.165, 1.54) is 19.2 Å². The van der Waals surface area contributed by atoms with Gasteiger partial charge < -0.3 is 29.9 Å². The van der Waals surface area contributed by atoms with Crippen molar-refractivity contribution in [2.75, 3.05) is 24.3 Å². The van der Waals surface area contributed by atoms with Crippen LogP contribution in [-0.2, 0) is 32.6 Å². The first kappa shape index (κ1) is 33.2. The van der Waals surface area contributed by atoms with Crippen molar-refractivity contribution in [3.05, 3.63) is 108 Å². The van der Waals surface area contributed by atoms with Crippen LogP contribution in [-0.4, -0.2) is 60.6 Å². The van der Waals surface area contributed by atoms with Gasteiger partial charge in [-0.25, -0.2) is 13.2 Å². The Bertz CT molecular complexity index is 1860. The standard InChI is InChI=1S/C34H37N5O7S/c1-23-9-6-7-12-27(23)35-34(43)36-28-15-14-24(19-31(28)46-2)20-32(40)39-17-8-13-30(39)25-16-18-38(21-25)22-29(33(41)42)37-47(44,45)26-10-4-3-5-11-26/h3-7,9-12,14-16,18-19,21,29-30,37H,8,13,17,20,22H2,1-2H3,(H,41,42)(H2,35,36,43). The molecular formula is C34H37N5O7S. The SMILES string of the molecule is COc1cc(CC(=O)N2CCCC2c2ccn(CC(NS(=O)(=O)c3ccccc3)C(=O)O)c2)ccc1NC(=O)Nc1ccccc1C. The van der Waals surface area contributed by atoms with Crippen LogP contribution in [0.4, 0.5) is 16.2 Å². The summed E-state index contributed by atoms with van der Waals surface area (Å²) < 4.78 is 34.9. The lowest BCUT2D eigenvalue weighted by atomic mass is 10.1. The first-order valence-electron chi connectivity index (χ1n) is 15.1. The molecule has 0 radical (unpaired) electrons. The number of anilines is 2. The van der Waals surface area contributed by atoms with Gasteiger partial charge in [-0.1, -0.05) is 42.5 Å². The molecule has 4 N–H and O–H groups in total. The third-order valence-corrected chi connectivity index (χ3v) is 9.52. The van der Waals surface area contributed by atoms with Gasteiger partial charge in [0.15, 0.2) is 0 Å². The average Bonchev–Trinajstić information content (AvgIpc) is 3.73. The lowest BCUT2D eigenvalue weighted by molar-refractivity contribution is -0.139. The lowest BCUT2D eigenvalue weighted by Crippen LogP contribution is -2.43. The Labute approximate surface area is 273 Å². The topological polar surface area (TPSA) is 159 Å². The molecule has 12 nitrogen and oxygen atoms in total. The third kappa shape index (κ3) is 8.18. The van der Waals surface area contributed by atoms with Crippen molar-refractivity contribution >= 4 is 39.3 Å². The number of carbonyl (C=O) groups is 3. The molecule has 1 aliphatic heterocycles. The van der Waals surface area contributed by atoms with Crippen molar-refractivity contribution in [1.82, 2.24) is 14.2 Å². The van der Waals surface area contributed by atoms with Crippen molar-refractivity contribution < 1.29 is 32.6 Å². The molecule has 0 aliphatic carbocycles. The summed E-state index contributed by atoms with van der Waals surface area (Å²) in [5, 5.41) is 15.4. The van der Waals surface area contributed by atoms with E-state index in [1.54, 1.807) is 58.3 Å². The summed E-state index contributed by atoms with van der Waals surface area (Å²) in [5.74, 6) is -0.971. The molecule has 1 aromatic heterocycles. The molecule has 2 atom stereocenters. The number of aliphatic carboxylic acids is 1. The number of methoxy groups -OCH3 is 1. The van der Waals surface area contributed by atoms with Gasteiger partial charge in [0.2, 0.25) is 15.9 Å². The van der Waals surface area contributed by atoms with Crippen LogP contribution >= 0.6 is 0 Å². The first-order valence-corrected chi connectivity index (χ1v) is 16.6. The molecular weight excluding hydrogens is 622 g/mol. The Morgan fingerprint density at radius 1 is 0.979 bits per heavy atom. The van der Waals surface area contributed by atoms with Crippen molar-refractivity contribution in [2.45, 2.75) is 49.7 Å². The number of amides is 3. The van der Waals surface area contributed by atoms with E-state index in [9.17, 15) is 27.9 Å². The molecule has 13 heteroatoms. The summed E-state index contributed by atoms with van der Waals surface area (Å²) in [5.41, 5.74) is 3.63. The number of hydrogen-bond acceptors (Lipinski definition) is 6. The van der Waals surface area contributed by atoms with Gasteiger partial charge in [0, 0.05) is 31.2 Å². The number of ether oxygens (including phenoxy) is 1. The van der Waals surface area contributed by atoms with Crippen LogP contribution in [0.1, 0.15) is 35.6 Å². The van der Waals surface area contributed by atoms with E-state index in [-0.39, 0.29) is 29.8 Å². The molecule has 3 amide bonds. The number of carboxylic acids is 1. The zero-order valence-electron chi connectivity index (χ0n) is 26.0. The van der Waals surface area contributed by atoms with E-state index >= 15 is 0 Å². The van der Waals surface area contributed by atoms with Gasteiger partial charge in [0.05, 0.1) is 30.2 Å². The fourth-order valence-electron chi connectivity index (χ4n) is 5.63. The summed E-state index contributed by atoms with van der Waals surface area (Å²) >= 11 is 0. The van der Waals surface area contributed by atoms with E-state index in [4.69, 9.17) is 4.74 Å². The highest BCUT2D eigenvalue weighted by Gasteiger charge is 2.31. The number of aryl methyl sites for hydroxylation is 1. The van der Waals surface area contributed by atoms with Crippen molar-refractivity contribution in [1.29, 1.82) is 0 Å². The summed E-state index contributed by atoms with van der Waals surface area (Å²) in [7, 11) is -2.55. The predicted octanol–water partition coefficient (Wildman–Crippen LogP) is 4.79. The molecule has 47 heavy (non-hydrogen) atoms. The minimum Gasteiger partial charge on any atom is -0.495 e. The van der Waals surface area contributed by atoms with E-state index in [1.807, 2.05) is 37.3 Å². The number of sulfonamides is 1. The van der Waals surface area contributed by atoms with Gasteiger partial charge in [-0.05, 0) is 72.9 Å². The maximum absolute atomic E-state index is 13.5. The van der Waals surface area contributed by atoms with Gasteiger partial charge in [0.1, 0.15) is 11.8 Å². The second-order valence-corrected chi connectivity index (χ2v) is 13.0. The van der Waals surface area contributed by atoms with Gasteiger partial charge in [-0.2, -0.15) is 4.72 Å². The molecule has 0 saturated carbocycles. The number of nitrogens with one attached hydrogen (secondary N) is 3. The molecule has 2 heterocycles. The lowest BCUT2D eigenvalue weighted by Gasteiger charge is -2.24. The molecule has 0 spiro atoms. The number of hydrogen-bond donors (Lipinski definition) is 4. The zero-order valence-corrected chi connectivity index (χ0v) is 26.9. The first-order chi connectivity index (χ1) is 22.5. The Morgan fingerprint density at radius 3 is 2.43 bits per heavy atom. The van der Waals surface area contributed by atoms with E-state index < -0.39 is 28.1 Å². The third-order valence-electron chi connectivity index (χ3n) is 8.04. The number of aromatic nitrogens is 1. The van der Waals surface area contributed by atoms with Crippen LogP contribution in [0.5, 0.6) is 5.75 Å². The molecule has 1 saturated heterocycles. The zero-order chi connectivity index (χ0) is 33.6. The average molecular weight is 660 g/mol. The fourth-order valence-corrected chi connectivity index (χ4v) is 6.83. The summed E-state index contributed by atoms with van der Waals surface area (Å²) in [6.45, 7) is 2.34. The van der Waals surface area contributed by atoms with Gasteiger partial charge in [-0.15, -0.1) is 0 Å². The maximum Gasteiger partial charge on any atom is 0.323 e. The molecule has 0 bridgehead atoms. The molecule has 1 fully saturated rings. The van der Waals surface area contributed by atoms with Crippen LogP contribution in [0.15, 0.2) is 96.2 Å². The van der Waals surface area contributed by atoms with E-state index in [2.05, 4.69) is 15.4 Å². The van der Waals surface area contributed by atoms with Crippen molar-refractivity contribution in [2.24, 2.45) is 0 Å². The minimum absolute atomic E-state index is 0.0216. The Morgan fingerprint density at radius 2 is 1.70 bits per heavy atom. The number of likely N-dealkylation sites (tertiary alicyclic amines) is 1. The van der Waals surface area contributed by atoms with E-state index in [0.29, 0.717) is 23.7 Å². The normalized spacial score (nSPS) is 15.2. The van der Waals surface area contributed by atoms with Crippen molar-refractivity contribution in [3.8, 4) is 5.75 Å². The number of rotatable bonds is 12. The number of benzene rings is 3. The molecule has 4 aromatic rings. The predicted molar refractivity (Wildman–Crippen MR) is 177 cm³/mol. The number of carbonyl (C=O) groups excluding carboxylic acids is 2.